The predicted octanol–water partition coefficient (Wildman–Crippen LogP) is 6.88. The summed E-state index contributed by atoms with van der Waals surface area (Å²) in [6.45, 7) is -0.432. The standard InChI is InChI=1S/C36H30ClF2N3O5S/c37-33-9-5-4-8-27(33)22-40-36(44)35(26-6-2-1-3-7-26)42(23-25-10-12-28(38)13-11-25)34(43)24-47-31-18-20-32(21-19-31)48(45,46)41-30-16-14-29(39)15-17-30/h1-21,35,41H,22-24H2,(H,40,44). The van der Waals surface area contributed by atoms with Gasteiger partial charge in [0.1, 0.15) is 23.4 Å². The fourth-order valence-electron chi connectivity index (χ4n) is 4.81. The molecule has 12 heteroatoms. The maximum atomic E-state index is 13.9. The summed E-state index contributed by atoms with van der Waals surface area (Å²) in [7, 11) is -3.99. The van der Waals surface area contributed by atoms with Gasteiger partial charge in [0.15, 0.2) is 6.61 Å². The van der Waals surface area contributed by atoms with E-state index in [0.717, 1.165) is 12.1 Å². The van der Waals surface area contributed by atoms with Gasteiger partial charge in [-0.2, -0.15) is 0 Å². The van der Waals surface area contributed by atoms with Gasteiger partial charge in [-0.05, 0) is 83.4 Å². The van der Waals surface area contributed by atoms with Gasteiger partial charge in [-0.15, -0.1) is 0 Å². The Hall–Kier alpha value is -5.26. The van der Waals surface area contributed by atoms with E-state index in [4.69, 9.17) is 16.3 Å². The summed E-state index contributed by atoms with van der Waals surface area (Å²) in [5.41, 5.74) is 1.99. The van der Waals surface area contributed by atoms with Gasteiger partial charge >= 0.3 is 0 Å². The first kappa shape index (κ1) is 34.1. The third-order valence-electron chi connectivity index (χ3n) is 7.27. The summed E-state index contributed by atoms with van der Waals surface area (Å²) < 4.78 is 60.7. The van der Waals surface area contributed by atoms with Crippen molar-refractivity contribution in [1.29, 1.82) is 0 Å². The summed E-state index contributed by atoms with van der Waals surface area (Å²) >= 11 is 6.30. The second-order valence-corrected chi connectivity index (χ2v) is 12.7. The Bertz CT molecular complexity index is 1960. The zero-order valence-electron chi connectivity index (χ0n) is 25.4. The van der Waals surface area contributed by atoms with Gasteiger partial charge in [0.25, 0.3) is 15.9 Å². The molecule has 0 heterocycles. The Morgan fingerprint density at radius 3 is 2.02 bits per heavy atom. The summed E-state index contributed by atoms with van der Waals surface area (Å²) in [5, 5.41) is 3.36. The molecule has 5 rings (SSSR count). The molecule has 2 N–H and O–H groups in total. The van der Waals surface area contributed by atoms with Crippen molar-refractivity contribution in [2.45, 2.75) is 24.0 Å². The van der Waals surface area contributed by atoms with Crippen molar-refractivity contribution in [1.82, 2.24) is 10.2 Å². The van der Waals surface area contributed by atoms with Gasteiger partial charge in [0.05, 0.1) is 4.90 Å². The lowest BCUT2D eigenvalue weighted by Crippen LogP contribution is -2.45. The normalized spacial score (nSPS) is 11.7. The van der Waals surface area contributed by atoms with Crippen molar-refractivity contribution in [3.05, 3.63) is 161 Å². The van der Waals surface area contributed by atoms with Crippen molar-refractivity contribution < 1.29 is 31.5 Å². The summed E-state index contributed by atoms with van der Waals surface area (Å²) in [4.78, 5) is 29.0. The van der Waals surface area contributed by atoms with Crippen LogP contribution in [0.5, 0.6) is 5.75 Å². The number of benzene rings is 5. The van der Waals surface area contributed by atoms with E-state index >= 15 is 0 Å². The molecular formula is C36H30ClF2N3O5S. The van der Waals surface area contributed by atoms with Crippen LogP contribution in [-0.2, 0) is 32.7 Å². The number of hydrogen-bond acceptors (Lipinski definition) is 5. The minimum Gasteiger partial charge on any atom is -0.484 e. The average molecular weight is 690 g/mol. The number of rotatable bonds is 13. The van der Waals surface area contributed by atoms with Crippen LogP contribution in [0.4, 0.5) is 14.5 Å². The SMILES string of the molecule is O=C(NCc1ccccc1Cl)C(c1ccccc1)N(Cc1ccc(F)cc1)C(=O)COc1ccc(S(=O)(=O)Nc2ccc(F)cc2)cc1. The Morgan fingerprint density at radius 2 is 1.38 bits per heavy atom. The summed E-state index contributed by atoms with van der Waals surface area (Å²) in [5.74, 6) is -1.78. The minimum atomic E-state index is -3.99. The van der Waals surface area contributed by atoms with Crippen LogP contribution in [0.1, 0.15) is 22.7 Å². The molecule has 0 saturated carbocycles. The molecule has 0 aromatic heterocycles. The van der Waals surface area contributed by atoms with Crippen LogP contribution in [0.25, 0.3) is 0 Å². The number of halogens is 3. The molecule has 0 aliphatic rings. The van der Waals surface area contributed by atoms with E-state index in [2.05, 4.69) is 10.0 Å². The fourth-order valence-corrected chi connectivity index (χ4v) is 6.08. The van der Waals surface area contributed by atoms with Crippen molar-refractivity contribution in [3.63, 3.8) is 0 Å². The van der Waals surface area contributed by atoms with Crippen LogP contribution in [-0.4, -0.2) is 31.7 Å². The Labute approximate surface area is 282 Å². The second kappa shape index (κ2) is 15.6. The number of carbonyl (C=O) groups excluding carboxylic acids is 2. The highest BCUT2D eigenvalue weighted by Gasteiger charge is 2.32. The minimum absolute atomic E-state index is 0.0478. The largest absolute Gasteiger partial charge is 0.484 e. The van der Waals surface area contributed by atoms with E-state index < -0.39 is 46.1 Å². The van der Waals surface area contributed by atoms with Crippen LogP contribution in [0.3, 0.4) is 0 Å². The quantitative estimate of drug-likeness (QED) is 0.140. The molecule has 5 aromatic rings. The van der Waals surface area contributed by atoms with Gasteiger partial charge < -0.3 is 15.0 Å². The molecule has 5 aromatic carbocycles. The smallest absolute Gasteiger partial charge is 0.261 e. The second-order valence-electron chi connectivity index (χ2n) is 10.6. The van der Waals surface area contributed by atoms with E-state index in [1.54, 1.807) is 54.6 Å². The zero-order chi connectivity index (χ0) is 34.1. The van der Waals surface area contributed by atoms with E-state index in [-0.39, 0.29) is 29.4 Å². The highest BCUT2D eigenvalue weighted by Crippen LogP contribution is 2.26. The summed E-state index contributed by atoms with van der Waals surface area (Å²) in [6, 6.07) is 30.6. The topological polar surface area (TPSA) is 105 Å². The van der Waals surface area contributed by atoms with Crippen LogP contribution >= 0.6 is 11.6 Å². The van der Waals surface area contributed by atoms with Crippen LogP contribution in [0.2, 0.25) is 5.02 Å². The number of ether oxygens (including phenoxy) is 1. The third-order valence-corrected chi connectivity index (χ3v) is 9.03. The number of nitrogens with one attached hydrogen (secondary N) is 2. The number of anilines is 1. The number of nitrogens with zero attached hydrogens (tertiary/aromatic N) is 1. The first-order valence-electron chi connectivity index (χ1n) is 14.7. The van der Waals surface area contributed by atoms with Crippen LogP contribution < -0.4 is 14.8 Å². The number of carbonyl (C=O) groups is 2. The number of amides is 2. The first-order chi connectivity index (χ1) is 23.1. The first-order valence-corrected chi connectivity index (χ1v) is 16.6. The van der Waals surface area contributed by atoms with E-state index in [9.17, 15) is 26.8 Å². The highest BCUT2D eigenvalue weighted by molar-refractivity contribution is 7.92. The molecule has 246 valence electrons. The maximum absolute atomic E-state index is 13.9. The average Bonchev–Trinajstić information content (AvgIpc) is 3.09. The molecule has 48 heavy (non-hydrogen) atoms. The molecule has 2 amide bonds. The van der Waals surface area contributed by atoms with Gasteiger partial charge in [-0.3, -0.25) is 14.3 Å². The van der Waals surface area contributed by atoms with Gasteiger partial charge in [-0.1, -0.05) is 72.3 Å². The van der Waals surface area contributed by atoms with Gasteiger partial charge in [0, 0.05) is 23.8 Å². The molecule has 0 aliphatic carbocycles. The van der Waals surface area contributed by atoms with Crippen molar-refractivity contribution in [2.75, 3.05) is 11.3 Å². The van der Waals surface area contributed by atoms with E-state index in [1.165, 1.54) is 65.6 Å². The number of sulfonamides is 1. The molecule has 0 spiro atoms. The van der Waals surface area contributed by atoms with Gasteiger partial charge in [0.2, 0.25) is 5.91 Å². The zero-order valence-corrected chi connectivity index (χ0v) is 26.9. The molecule has 1 atom stereocenters. The lowest BCUT2D eigenvalue weighted by Gasteiger charge is -2.31. The molecule has 0 aliphatic heterocycles. The van der Waals surface area contributed by atoms with Gasteiger partial charge in [-0.25, -0.2) is 17.2 Å². The van der Waals surface area contributed by atoms with Crippen LogP contribution in [0.15, 0.2) is 132 Å². The molecule has 8 nitrogen and oxygen atoms in total. The maximum Gasteiger partial charge on any atom is 0.261 e. The van der Waals surface area contributed by atoms with E-state index in [0.29, 0.717) is 21.7 Å². The van der Waals surface area contributed by atoms with Crippen LogP contribution in [0, 0.1) is 11.6 Å². The van der Waals surface area contributed by atoms with E-state index in [1.807, 2.05) is 0 Å². The monoisotopic (exact) mass is 689 g/mol. The lowest BCUT2D eigenvalue weighted by atomic mass is 10.0. The molecule has 0 fully saturated rings. The Kier molecular flexibility index (Phi) is 11.0. The Balaban J connectivity index is 1.36. The lowest BCUT2D eigenvalue weighted by molar-refractivity contribution is -0.143. The number of hydrogen-bond donors (Lipinski definition) is 2. The predicted molar refractivity (Wildman–Crippen MR) is 179 cm³/mol. The highest BCUT2D eigenvalue weighted by atomic mass is 35.5. The Morgan fingerprint density at radius 1 is 0.771 bits per heavy atom. The molecule has 0 saturated heterocycles. The molecule has 0 bridgehead atoms. The molecular weight excluding hydrogens is 660 g/mol. The molecule has 1 unspecified atom stereocenters. The van der Waals surface area contributed by atoms with Crippen molar-refractivity contribution in [2.24, 2.45) is 0 Å². The summed E-state index contributed by atoms with van der Waals surface area (Å²) in [6.07, 6.45) is 0. The van der Waals surface area contributed by atoms with Crippen molar-refractivity contribution >= 4 is 39.1 Å². The molecule has 0 radical (unpaired) electrons. The third kappa shape index (κ3) is 8.96. The van der Waals surface area contributed by atoms with Crippen molar-refractivity contribution in [3.8, 4) is 5.75 Å². The fraction of sp³-hybridized carbons (Fsp3) is 0.111.